The molecule has 0 aliphatic carbocycles. The summed E-state index contributed by atoms with van der Waals surface area (Å²) >= 11 is 0. The molecular formula is C10H15NO2. The second kappa shape index (κ2) is 4.26. The van der Waals surface area contributed by atoms with Crippen LogP contribution in [0.1, 0.15) is 19.8 Å². The van der Waals surface area contributed by atoms with Gasteiger partial charge in [-0.2, -0.15) is 0 Å². The summed E-state index contributed by atoms with van der Waals surface area (Å²) in [6.07, 6.45) is 2.10. The number of hydrogen-bond donors (Lipinski definition) is 1. The fourth-order valence-electron chi connectivity index (χ4n) is 1.80. The molecule has 1 heterocycles. The Labute approximate surface area is 78.4 Å². The molecule has 1 fully saturated rings. The van der Waals surface area contributed by atoms with E-state index in [1.165, 1.54) is 0 Å². The smallest absolute Gasteiger partial charge is 0.317 e. The van der Waals surface area contributed by atoms with Gasteiger partial charge in [0.25, 0.3) is 0 Å². The molecule has 3 nitrogen and oxygen atoms in total. The summed E-state index contributed by atoms with van der Waals surface area (Å²) in [7, 11) is 0. The molecule has 0 bridgehead atoms. The maximum Gasteiger partial charge on any atom is 0.317 e. The number of hydrogen-bond acceptors (Lipinski definition) is 2. The molecule has 0 spiro atoms. The minimum absolute atomic E-state index is 0.129. The summed E-state index contributed by atoms with van der Waals surface area (Å²) in [6, 6.07) is 0.244. The van der Waals surface area contributed by atoms with Gasteiger partial charge in [0.15, 0.2) is 0 Å². The average molecular weight is 181 g/mol. The number of rotatable bonds is 3. The largest absolute Gasteiger partial charge is 0.480 e. The van der Waals surface area contributed by atoms with Crippen LogP contribution in [0.5, 0.6) is 0 Å². The van der Waals surface area contributed by atoms with Gasteiger partial charge in [-0.1, -0.05) is 6.58 Å². The van der Waals surface area contributed by atoms with Crippen LogP contribution < -0.4 is 0 Å². The normalized spacial score (nSPS) is 22.7. The van der Waals surface area contributed by atoms with Crippen molar-refractivity contribution in [1.82, 2.24) is 4.90 Å². The first-order chi connectivity index (χ1) is 6.15. The van der Waals surface area contributed by atoms with E-state index < -0.39 is 5.97 Å². The van der Waals surface area contributed by atoms with Crippen molar-refractivity contribution in [3.63, 3.8) is 0 Å². The molecule has 0 aromatic carbocycles. The monoisotopic (exact) mass is 181 g/mol. The Morgan fingerprint density at radius 1 is 1.77 bits per heavy atom. The number of likely N-dealkylation sites (tertiary alicyclic amines) is 1. The fourth-order valence-corrected chi connectivity index (χ4v) is 1.80. The van der Waals surface area contributed by atoms with Crippen LogP contribution in [-0.2, 0) is 4.79 Å². The van der Waals surface area contributed by atoms with Crippen molar-refractivity contribution in [1.29, 1.82) is 0 Å². The summed E-state index contributed by atoms with van der Waals surface area (Å²) in [5.74, 6) is -0.760. The number of aliphatic carboxylic acids is 1. The lowest BCUT2D eigenvalue weighted by Crippen LogP contribution is -2.34. The zero-order valence-corrected chi connectivity index (χ0v) is 7.92. The minimum Gasteiger partial charge on any atom is -0.480 e. The molecular weight excluding hydrogens is 166 g/mol. The Morgan fingerprint density at radius 2 is 2.46 bits per heavy atom. The molecule has 0 saturated carbocycles. The van der Waals surface area contributed by atoms with Crippen molar-refractivity contribution in [2.45, 2.75) is 25.8 Å². The molecule has 3 heteroatoms. The molecule has 1 N–H and O–H groups in total. The van der Waals surface area contributed by atoms with Gasteiger partial charge in [-0.15, -0.1) is 5.73 Å². The topological polar surface area (TPSA) is 40.5 Å². The Bertz CT molecular complexity index is 254. The van der Waals surface area contributed by atoms with Crippen molar-refractivity contribution in [3.05, 3.63) is 17.9 Å². The molecule has 1 unspecified atom stereocenters. The predicted molar refractivity (Wildman–Crippen MR) is 50.6 cm³/mol. The molecule has 1 rings (SSSR count). The van der Waals surface area contributed by atoms with Crippen LogP contribution in [-0.4, -0.2) is 35.1 Å². The van der Waals surface area contributed by atoms with Crippen LogP contribution in [0.2, 0.25) is 0 Å². The molecule has 1 saturated heterocycles. The Balaban J connectivity index is 2.63. The van der Waals surface area contributed by atoms with Crippen molar-refractivity contribution < 1.29 is 9.90 Å². The predicted octanol–water partition coefficient (Wildman–Crippen LogP) is 1.27. The zero-order valence-electron chi connectivity index (χ0n) is 7.92. The van der Waals surface area contributed by atoms with E-state index in [1.54, 1.807) is 0 Å². The van der Waals surface area contributed by atoms with Crippen molar-refractivity contribution in [3.8, 4) is 0 Å². The van der Waals surface area contributed by atoms with Gasteiger partial charge in [-0.25, -0.2) is 0 Å². The van der Waals surface area contributed by atoms with Gasteiger partial charge in [0.1, 0.15) is 0 Å². The SMILES string of the molecule is C=C=C(C)C1CCCN1CC(=O)O. The number of carboxylic acid groups (broad SMARTS) is 1. The summed E-state index contributed by atoms with van der Waals surface area (Å²) in [6.45, 7) is 6.54. The van der Waals surface area contributed by atoms with E-state index in [0.29, 0.717) is 0 Å². The molecule has 13 heavy (non-hydrogen) atoms. The van der Waals surface area contributed by atoms with Crippen LogP contribution in [0, 0.1) is 0 Å². The average Bonchev–Trinajstić information content (AvgIpc) is 2.50. The van der Waals surface area contributed by atoms with E-state index in [2.05, 4.69) is 12.3 Å². The Hall–Kier alpha value is -1.05. The van der Waals surface area contributed by atoms with Gasteiger partial charge in [0.2, 0.25) is 0 Å². The van der Waals surface area contributed by atoms with E-state index in [1.807, 2.05) is 11.8 Å². The molecule has 1 aliphatic rings. The quantitative estimate of drug-likeness (QED) is 0.666. The summed E-state index contributed by atoms with van der Waals surface area (Å²) < 4.78 is 0. The molecule has 72 valence electrons. The lowest BCUT2D eigenvalue weighted by atomic mass is 10.1. The third kappa shape index (κ3) is 2.44. The summed E-state index contributed by atoms with van der Waals surface area (Å²) in [4.78, 5) is 12.5. The molecule has 0 aromatic heterocycles. The van der Waals surface area contributed by atoms with Crippen LogP contribution in [0.25, 0.3) is 0 Å². The number of carbonyl (C=O) groups is 1. The molecule has 0 radical (unpaired) electrons. The lowest BCUT2D eigenvalue weighted by Gasteiger charge is -2.21. The van der Waals surface area contributed by atoms with Crippen LogP contribution in [0.4, 0.5) is 0 Å². The van der Waals surface area contributed by atoms with Gasteiger partial charge in [-0.3, -0.25) is 9.69 Å². The number of carboxylic acids is 1. The third-order valence-electron chi connectivity index (χ3n) is 2.48. The van der Waals surface area contributed by atoms with E-state index in [9.17, 15) is 4.79 Å². The second-order valence-electron chi connectivity index (χ2n) is 3.38. The Morgan fingerprint density at radius 3 is 3.00 bits per heavy atom. The summed E-state index contributed by atoms with van der Waals surface area (Å²) in [5.41, 5.74) is 3.90. The highest BCUT2D eigenvalue weighted by Crippen LogP contribution is 2.22. The van der Waals surface area contributed by atoms with Gasteiger partial charge in [0.05, 0.1) is 6.54 Å². The number of nitrogens with zero attached hydrogens (tertiary/aromatic N) is 1. The standard InChI is InChI=1S/C10H15NO2/c1-3-8(2)9-5-4-6-11(9)7-10(12)13/h9H,1,4-7H2,2H3,(H,12,13). The van der Waals surface area contributed by atoms with E-state index >= 15 is 0 Å². The minimum atomic E-state index is -0.760. The molecule has 1 aliphatic heterocycles. The van der Waals surface area contributed by atoms with E-state index in [0.717, 1.165) is 25.0 Å². The van der Waals surface area contributed by atoms with Gasteiger partial charge in [0, 0.05) is 6.04 Å². The van der Waals surface area contributed by atoms with Crippen molar-refractivity contribution >= 4 is 5.97 Å². The zero-order chi connectivity index (χ0) is 9.84. The highest BCUT2D eigenvalue weighted by Gasteiger charge is 2.26. The molecule has 0 aromatic rings. The highest BCUT2D eigenvalue weighted by atomic mass is 16.4. The van der Waals surface area contributed by atoms with Crippen LogP contribution in [0.15, 0.2) is 17.9 Å². The molecule has 0 amide bonds. The first-order valence-electron chi connectivity index (χ1n) is 4.47. The van der Waals surface area contributed by atoms with E-state index in [4.69, 9.17) is 5.11 Å². The Kier molecular flexibility index (Phi) is 3.29. The molecule has 1 atom stereocenters. The van der Waals surface area contributed by atoms with Crippen LogP contribution in [0.3, 0.4) is 0 Å². The van der Waals surface area contributed by atoms with Gasteiger partial charge < -0.3 is 5.11 Å². The van der Waals surface area contributed by atoms with Crippen molar-refractivity contribution in [2.24, 2.45) is 0 Å². The lowest BCUT2D eigenvalue weighted by molar-refractivity contribution is -0.138. The van der Waals surface area contributed by atoms with Gasteiger partial charge >= 0.3 is 5.97 Å². The maximum absolute atomic E-state index is 10.5. The third-order valence-corrected chi connectivity index (χ3v) is 2.48. The second-order valence-corrected chi connectivity index (χ2v) is 3.38. The maximum atomic E-state index is 10.5. The first-order valence-corrected chi connectivity index (χ1v) is 4.47. The summed E-state index contributed by atoms with van der Waals surface area (Å²) in [5, 5.41) is 8.66. The van der Waals surface area contributed by atoms with E-state index in [-0.39, 0.29) is 12.6 Å². The highest BCUT2D eigenvalue weighted by molar-refractivity contribution is 5.69. The fraction of sp³-hybridized carbons (Fsp3) is 0.600. The van der Waals surface area contributed by atoms with Crippen molar-refractivity contribution in [2.75, 3.05) is 13.1 Å². The van der Waals surface area contributed by atoms with Crippen LogP contribution >= 0.6 is 0 Å². The first kappa shape index (κ1) is 10.0. The van der Waals surface area contributed by atoms with Gasteiger partial charge in [-0.05, 0) is 31.9 Å².